The molecular weight excluding hydrogens is 294 g/mol. The largest absolute Gasteiger partial charge is 0.444 e. The summed E-state index contributed by atoms with van der Waals surface area (Å²) in [4.78, 5) is 27.5. The van der Waals surface area contributed by atoms with Crippen molar-refractivity contribution in [3.05, 3.63) is 23.8 Å². The fraction of sp³-hybridized carbons (Fsp3) is 0.529. The first kappa shape index (κ1) is 15.6. The van der Waals surface area contributed by atoms with Crippen molar-refractivity contribution in [3.8, 4) is 0 Å². The summed E-state index contributed by atoms with van der Waals surface area (Å²) < 4.78 is 5.41. The molecule has 124 valence electrons. The van der Waals surface area contributed by atoms with Crippen molar-refractivity contribution >= 4 is 23.4 Å². The molecule has 1 aromatic rings. The fourth-order valence-electron chi connectivity index (χ4n) is 2.87. The molecule has 0 saturated carbocycles. The van der Waals surface area contributed by atoms with E-state index in [1.807, 2.05) is 39.0 Å². The Kier molecular flexibility index (Phi) is 3.92. The topological polar surface area (TPSA) is 61.9 Å². The Labute approximate surface area is 136 Å². The van der Waals surface area contributed by atoms with Gasteiger partial charge in [-0.25, -0.2) is 4.79 Å². The number of hydrogen-bond donors (Lipinski definition) is 1. The van der Waals surface area contributed by atoms with Crippen LogP contribution >= 0.6 is 0 Å². The number of nitrogens with one attached hydrogen (secondary N) is 1. The summed E-state index contributed by atoms with van der Waals surface area (Å²) in [6.45, 7) is 8.41. The van der Waals surface area contributed by atoms with Crippen molar-refractivity contribution in [1.29, 1.82) is 0 Å². The monoisotopic (exact) mass is 317 g/mol. The van der Waals surface area contributed by atoms with Gasteiger partial charge >= 0.3 is 6.09 Å². The van der Waals surface area contributed by atoms with Gasteiger partial charge in [-0.3, -0.25) is 4.79 Å². The lowest BCUT2D eigenvalue weighted by Gasteiger charge is -2.36. The van der Waals surface area contributed by atoms with E-state index in [9.17, 15) is 9.59 Å². The van der Waals surface area contributed by atoms with Gasteiger partial charge in [0, 0.05) is 37.6 Å². The fourth-order valence-corrected chi connectivity index (χ4v) is 2.87. The van der Waals surface area contributed by atoms with Crippen LogP contribution < -0.4 is 10.2 Å². The van der Waals surface area contributed by atoms with Crippen molar-refractivity contribution in [1.82, 2.24) is 4.90 Å². The maximum Gasteiger partial charge on any atom is 0.410 e. The van der Waals surface area contributed by atoms with E-state index in [0.29, 0.717) is 19.5 Å². The van der Waals surface area contributed by atoms with Gasteiger partial charge in [0.25, 0.3) is 0 Å². The van der Waals surface area contributed by atoms with E-state index in [1.54, 1.807) is 4.90 Å². The van der Waals surface area contributed by atoms with Crippen molar-refractivity contribution in [2.24, 2.45) is 0 Å². The van der Waals surface area contributed by atoms with Crippen molar-refractivity contribution < 1.29 is 14.3 Å². The number of anilines is 2. The Balaban J connectivity index is 1.60. The molecule has 6 heteroatoms. The molecule has 0 aromatic heterocycles. The second kappa shape index (κ2) is 5.76. The third-order valence-electron chi connectivity index (χ3n) is 4.02. The third-order valence-corrected chi connectivity index (χ3v) is 4.02. The summed E-state index contributed by atoms with van der Waals surface area (Å²) in [5.41, 5.74) is 2.56. The van der Waals surface area contributed by atoms with Gasteiger partial charge in [-0.05, 0) is 38.5 Å². The van der Waals surface area contributed by atoms with Gasteiger partial charge in [-0.1, -0.05) is 6.07 Å². The van der Waals surface area contributed by atoms with Gasteiger partial charge < -0.3 is 19.9 Å². The van der Waals surface area contributed by atoms with Crippen LogP contribution in [0.25, 0.3) is 0 Å². The van der Waals surface area contributed by atoms with Crippen molar-refractivity contribution in [2.45, 2.75) is 32.8 Å². The molecule has 2 amide bonds. The SMILES string of the molecule is CC(C)(C)OC(=O)N1CCN(c2ccc3c(c2)NC(=O)C3)CC1. The number of ether oxygens (including phenoxy) is 1. The standard InChI is InChI=1S/C17H23N3O3/c1-17(2,3)23-16(22)20-8-6-19(7-9-20)13-5-4-12-10-15(21)18-14(12)11-13/h4-5,11H,6-10H2,1-3H3,(H,18,21). The highest BCUT2D eigenvalue weighted by Crippen LogP contribution is 2.28. The highest BCUT2D eigenvalue weighted by Gasteiger charge is 2.26. The van der Waals surface area contributed by atoms with Gasteiger partial charge in [0.2, 0.25) is 5.91 Å². The number of carbonyl (C=O) groups is 2. The van der Waals surface area contributed by atoms with E-state index in [0.717, 1.165) is 30.0 Å². The molecule has 2 heterocycles. The van der Waals surface area contributed by atoms with Gasteiger partial charge in [-0.2, -0.15) is 0 Å². The van der Waals surface area contributed by atoms with E-state index in [4.69, 9.17) is 4.74 Å². The minimum Gasteiger partial charge on any atom is -0.444 e. The van der Waals surface area contributed by atoms with Crippen LogP contribution in [0, 0.1) is 0 Å². The summed E-state index contributed by atoms with van der Waals surface area (Å²) in [6.07, 6.45) is 0.209. The summed E-state index contributed by atoms with van der Waals surface area (Å²) >= 11 is 0. The van der Waals surface area contributed by atoms with Gasteiger partial charge in [-0.15, -0.1) is 0 Å². The molecule has 1 N–H and O–H groups in total. The van der Waals surface area contributed by atoms with Crippen LogP contribution in [-0.4, -0.2) is 48.7 Å². The zero-order chi connectivity index (χ0) is 16.6. The molecule has 0 unspecified atom stereocenters. The molecule has 1 saturated heterocycles. The van der Waals surface area contributed by atoms with Gasteiger partial charge in [0.15, 0.2) is 0 Å². The van der Waals surface area contributed by atoms with Crippen LogP contribution in [0.5, 0.6) is 0 Å². The normalized spacial score (nSPS) is 17.8. The molecule has 0 spiro atoms. The smallest absolute Gasteiger partial charge is 0.410 e. The number of benzene rings is 1. The maximum atomic E-state index is 12.1. The molecule has 0 radical (unpaired) electrons. The lowest BCUT2D eigenvalue weighted by molar-refractivity contribution is -0.115. The van der Waals surface area contributed by atoms with Gasteiger partial charge in [0.05, 0.1) is 6.42 Å². The Morgan fingerprint density at radius 3 is 2.52 bits per heavy atom. The average molecular weight is 317 g/mol. The highest BCUT2D eigenvalue weighted by molar-refractivity contribution is 5.99. The molecule has 2 aliphatic rings. The van der Waals surface area contributed by atoms with Crippen molar-refractivity contribution in [3.63, 3.8) is 0 Å². The lowest BCUT2D eigenvalue weighted by atomic mass is 10.1. The van der Waals surface area contributed by atoms with Crippen LogP contribution in [0.4, 0.5) is 16.2 Å². The van der Waals surface area contributed by atoms with Crippen LogP contribution in [0.15, 0.2) is 18.2 Å². The van der Waals surface area contributed by atoms with E-state index in [-0.39, 0.29) is 12.0 Å². The number of fused-ring (bicyclic) bond motifs is 1. The van der Waals surface area contributed by atoms with E-state index in [1.165, 1.54) is 0 Å². The average Bonchev–Trinajstić information content (AvgIpc) is 2.84. The molecule has 1 fully saturated rings. The second-order valence-corrected chi connectivity index (χ2v) is 7.02. The number of piperazine rings is 1. The van der Waals surface area contributed by atoms with Crippen LogP contribution in [0.2, 0.25) is 0 Å². The molecule has 6 nitrogen and oxygen atoms in total. The number of carbonyl (C=O) groups excluding carboxylic acids is 2. The summed E-state index contributed by atoms with van der Waals surface area (Å²) in [5, 5.41) is 2.88. The molecular formula is C17H23N3O3. The number of hydrogen-bond acceptors (Lipinski definition) is 4. The first-order valence-electron chi connectivity index (χ1n) is 7.97. The highest BCUT2D eigenvalue weighted by atomic mass is 16.6. The molecule has 0 atom stereocenters. The molecule has 23 heavy (non-hydrogen) atoms. The van der Waals surface area contributed by atoms with Crippen molar-refractivity contribution in [2.75, 3.05) is 36.4 Å². The Morgan fingerprint density at radius 2 is 1.87 bits per heavy atom. The number of rotatable bonds is 1. The molecule has 0 aliphatic carbocycles. The van der Waals surface area contributed by atoms with E-state index >= 15 is 0 Å². The minimum atomic E-state index is -0.466. The minimum absolute atomic E-state index is 0.0481. The Morgan fingerprint density at radius 1 is 1.17 bits per heavy atom. The van der Waals surface area contributed by atoms with E-state index < -0.39 is 5.60 Å². The number of nitrogens with zero attached hydrogens (tertiary/aromatic N) is 2. The van der Waals surface area contributed by atoms with Gasteiger partial charge in [0.1, 0.15) is 5.60 Å². The summed E-state index contributed by atoms with van der Waals surface area (Å²) in [6, 6.07) is 6.06. The summed E-state index contributed by atoms with van der Waals surface area (Å²) in [5.74, 6) is 0.0481. The first-order chi connectivity index (χ1) is 10.8. The number of amides is 2. The zero-order valence-corrected chi connectivity index (χ0v) is 13.9. The predicted octanol–water partition coefficient (Wildman–Crippen LogP) is 2.24. The zero-order valence-electron chi connectivity index (χ0n) is 13.9. The predicted molar refractivity (Wildman–Crippen MR) is 88.8 cm³/mol. The van der Waals surface area contributed by atoms with E-state index in [2.05, 4.69) is 10.2 Å². The molecule has 2 aliphatic heterocycles. The van der Waals surface area contributed by atoms with Crippen LogP contribution in [-0.2, 0) is 16.0 Å². The third kappa shape index (κ3) is 3.57. The molecule has 0 bridgehead atoms. The first-order valence-corrected chi connectivity index (χ1v) is 7.97. The Hall–Kier alpha value is -2.24. The summed E-state index contributed by atoms with van der Waals surface area (Å²) in [7, 11) is 0. The quantitative estimate of drug-likeness (QED) is 0.863. The van der Waals surface area contributed by atoms with Crippen LogP contribution in [0.1, 0.15) is 26.3 Å². The second-order valence-electron chi connectivity index (χ2n) is 7.02. The molecule has 3 rings (SSSR count). The maximum absolute atomic E-state index is 12.1. The molecule has 1 aromatic carbocycles. The van der Waals surface area contributed by atoms with Crippen LogP contribution in [0.3, 0.4) is 0 Å². The Bertz CT molecular complexity index is 628. The lowest BCUT2D eigenvalue weighted by Crippen LogP contribution is -2.50.